The standard InChI is InChI=1S/C25H26F2/c1-2-3-4-5-6-8-19-11-13-20(14-12-19)21-15-17-22(18-16-21)23-9-7-10-24(26)25(23)27/h7,9-18H,2-6,8H2,1H3. The van der Waals surface area contributed by atoms with Gasteiger partial charge in [0.05, 0.1) is 0 Å². The molecule has 0 atom stereocenters. The van der Waals surface area contributed by atoms with Crippen LogP contribution in [0.1, 0.15) is 44.6 Å². The van der Waals surface area contributed by atoms with Crippen LogP contribution in [0.2, 0.25) is 0 Å². The predicted molar refractivity (Wildman–Crippen MR) is 110 cm³/mol. The van der Waals surface area contributed by atoms with E-state index >= 15 is 0 Å². The average molecular weight is 364 g/mol. The lowest BCUT2D eigenvalue weighted by molar-refractivity contribution is 0.511. The van der Waals surface area contributed by atoms with Crippen molar-refractivity contribution in [1.82, 2.24) is 0 Å². The van der Waals surface area contributed by atoms with Gasteiger partial charge in [-0.2, -0.15) is 0 Å². The number of rotatable bonds is 8. The highest BCUT2D eigenvalue weighted by Crippen LogP contribution is 2.28. The first kappa shape index (κ1) is 19.3. The molecule has 0 saturated carbocycles. The molecule has 0 nitrogen and oxygen atoms in total. The van der Waals surface area contributed by atoms with Crippen molar-refractivity contribution in [2.24, 2.45) is 0 Å². The zero-order valence-corrected chi connectivity index (χ0v) is 15.8. The van der Waals surface area contributed by atoms with Crippen LogP contribution in [0.15, 0.2) is 66.7 Å². The molecule has 0 aliphatic carbocycles. The molecule has 2 heteroatoms. The number of benzene rings is 3. The Hall–Kier alpha value is -2.48. The minimum Gasteiger partial charge on any atom is -0.204 e. The molecule has 3 aromatic carbocycles. The molecule has 0 unspecified atom stereocenters. The van der Waals surface area contributed by atoms with E-state index in [1.54, 1.807) is 6.07 Å². The van der Waals surface area contributed by atoms with Crippen molar-refractivity contribution in [3.05, 3.63) is 83.9 Å². The van der Waals surface area contributed by atoms with Gasteiger partial charge in [0.25, 0.3) is 0 Å². The van der Waals surface area contributed by atoms with Gasteiger partial charge in [0.1, 0.15) is 0 Å². The van der Waals surface area contributed by atoms with Gasteiger partial charge in [-0.25, -0.2) is 8.78 Å². The number of hydrogen-bond acceptors (Lipinski definition) is 0. The summed E-state index contributed by atoms with van der Waals surface area (Å²) in [5.41, 5.74) is 4.55. The van der Waals surface area contributed by atoms with E-state index in [0.717, 1.165) is 23.6 Å². The Kier molecular flexibility index (Phi) is 6.75. The van der Waals surface area contributed by atoms with E-state index in [0.29, 0.717) is 11.1 Å². The van der Waals surface area contributed by atoms with Crippen molar-refractivity contribution in [2.75, 3.05) is 0 Å². The number of unbranched alkanes of at least 4 members (excludes halogenated alkanes) is 4. The minimum absolute atomic E-state index is 0.292. The Morgan fingerprint density at radius 3 is 1.89 bits per heavy atom. The van der Waals surface area contributed by atoms with Crippen molar-refractivity contribution >= 4 is 0 Å². The van der Waals surface area contributed by atoms with Gasteiger partial charge in [0.2, 0.25) is 0 Å². The van der Waals surface area contributed by atoms with Crippen molar-refractivity contribution in [3.8, 4) is 22.3 Å². The summed E-state index contributed by atoms with van der Waals surface area (Å²) in [5, 5.41) is 0. The molecule has 3 aromatic rings. The van der Waals surface area contributed by atoms with Crippen LogP contribution in [-0.4, -0.2) is 0 Å². The highest BCUT2D eigenvalue weighted by Gasteiger charge is 2.09. The largest absolute Gasteiger partial charge is 0.204 e. The molecule has 0 bridgehead atoms. The van der Waals surface area contributed by atoms with Gasteiger partial charge in [-0.1, -0.05) is 93.3 Å². The van der Waals surface area contributed by atoms with Gasteiger partial charge < -0.3 is 0 Å². The second-order valence-electron chi connectivity index (χ2n) is 7.04. The summed E-state index contributed by atoms with van der Waals surface area (Å²) < 4.78 is 27.4. The van der Waals surface area contributed by atoms with Crippen LogP contribution in [0.3, 0.4) is 0 Å². The Morgan fingerprint density at radius 1 is 0.630 bits per heavy atom. The smallest absolute Gasteiger partial charge is 0.166 e. The summed E-state index contributed by atoms with van der Waals surface area (Å²) in [6.45, 7) is 2.24. The summed E-state index contributed by atoms with van der Waals surface area (Å²) in [6.07, 6.45) is 7.60. The third-order valence-electron chi connectivity index (χ3n) is 5.00. The average Bonchev–Trinajstić information content (AvgIpc) is 2.71. The van der Waals surface area contributed by atoms with Crippen LogP contribution in [-0.2, 0) is 6.42 Å². The van der Waals surface area contributed by atoms with Crippen LogP contribution in [0.25, 0.3) is 22.3 Å². The van der Waals surface area contributed by atoms with Crippen LogP contribution in [0, 0.1) is 11.6 Å². The first-order valence-corrected chi connectivity index (χ1v) is 9.83. The highest BCUT2D eigenvalue weighted by molar-refractivity contribution is 5.70. The Labute approximate surface area is 160 Å². The quantitative estimate of drug-likeness (QED) is 0.357. The lowest BCUT2D eigenvalue weighted by atomic mass is 9.98. The van der Waals surface area contributed by atoms with E-state index in [1.165, 1.54) is 43.7 Å². The third-order valence-corrected chi connectivity index (χ3v) is 5.00. The van der Waals surface area contributed by atoms with Gasteiger partial charge >= 0.3 is 0 Å². The molecule has 0 heterocycles. The van der Waals surface area contributed by atoms with Gasteiger partial charge in [-0.3, -0.25) is 0 Å². The van der Waals surface area contributed by atoms with E-state index in [-0.39, 0.29) is 0 Å². The van der Waals surface area contributed by atoms with E-state index < -0.39 is 11.6 Å². The summed E-state index contributed by atoms with van der Waals surface area (Å²) in [7, 11) is 0. The lowest BCUT2D eigenvalue weighted by Crippen LogP contribution is -1.89. The number of hydrogen-bond donors (Lipinski definition) is 0. The van der Waals surface area contributed by atoms with Gasteiger partial charge in [0.15, 0.2) is 11.6 Å². The SMILES string of the molecule is CCCCCCCc1ccc(-c2ccc(-c3cccc(F)c3F)cc2)cc1. The molecule has 140 valence electrons. The molecule has 0 fully saturated rings. The van der Waals surface area contributed by atoms with Crippen molar-refractivity contribution in [1.29, 1.82) is 0 Å². The van der Waals surface area contributed by atoms with Crippen LogP contribution in [0.4, 0.5) is 8.78 Å². The summed E-state index contributed by atoms with van der Waals surface area (Å²) in [6, 6.07) is 20.5. The van der Waals surface area contributed by atoms with E-state index in [9.17, 15) is 8.78 Å². The van der Waals surface area contributed by atoms with Crippen molar-refractivity contribution < 1.29 is 8.78 Å². The predicted octanol–water partition coefficient (Wildman–Crippen LogP) is 7.81. The molecule has 0 amide bonds. The van der Waals surface area contributed by atoms with Crippen LogP contribution < -0.4 is 0 Å². The van der Waals surface area contributed by atoms with Crippen LogP contribution >= 0.6 is 0 Å². The second-order valence-corrected chi connectivity index (χ2v) is 7.04. The number of halogens is 2. The molecule has 0 radical (unpaired) electrons. The maximum absolute atomic E-state index is 14.0. The zero-order chi connectivity index (χ0) is 19.1. The van der Waals surface area contributed by atoms with E-state index in [4.69, 9.17) is 0 Å². The Balaban J connectivity index is 1.66. The third kappa shape index (κ3) is 5.03. The molecular formula is C25H26F2. The second kappa shape index (κ2) is 9.45. The van der Waals surface area contributed by atoms with Gasteiger partial charge in [-0.05, 0) is 41.2 Å². The summed E-state index contributed by atoms with van der Waals surface area (Å²) >= 11 is 0. The maximum Gasteiger partial charge on any atom is 0.166 e. The fourth-order valence-corrected chi connectivity index (χ4v) is 3.37. The first-order valence-electron chi connectivity index (χ1n) is 9.83. The molecule has 0 aliphatic rings. The summed E-state index contributed by atoms with van der Waals surface area (Å²) in [5.74, 6) is -1.62. The van der Waals surface area contributed by atoms with Crippen molar-refractivity contribution in [2.45, 2.75) is 45.4 Å². The van der Waals surface area contributed by atoms with E-state index in [2.05, 4.69) is 31.2 Å². The fraction of sp³-hybridized carbons (Fsp3) is 0.280. The lowest BCUT2D eigenvalue weighted by Gasteiger charge is -2.08. The number of aryl methyl sites for hydroxylation is 1. The highest BCUT2D eigenvalue weighted by atomic mass is 19.2. The normalized spacial score (nSPS) is 10.9. The molecule has 0 saturated heterocycles. The molecule has 0 aromatic heterocycles. The van der Waals surface area contributed by atoms with Gasteiger partial charge in [0, 0.05) is 5.56 Å². The summed E-state index contributed by atoms with van der Waals surface area (Å²) in [4.78, 5) is 0. The molecule has 0 N–H and O–H groups in total. The maximum atomic E-state index is 14.0. The molecule has 0 aliphatic heterocycles. The molecule has 3 rings (SSSR count). The molecule has 27 heavy (non-hydrogen) atoms. The topological polar surface area (TPSA) is 0 Å². The van der Waals surface area contributed by atoms with Crippen LogP contribution in [0.5, 0.6) is 0 Å². The monoisotopic (exact) mass is 364 g/mol. The minimum atomic E-state index is -0.818. The van der Waals surface area contributed by atoms with E-state index in [1.807, 2.05) is 24.3 Å². The first-order chi connectivity index (χ1) is 13.2. The Morgan fingerprint density at radius 2 is 1.22 bits per heavy atom. The zero-order valence-electron chi connectivity index (χ0n) is 15.8. The fourth-order valence-electron chi connectivity index (χ4n) is 3.37. The molecule has 0 spiro atoms. The Bertz CT molecular complexity index is 848. The van der Waals surface area contributed by atoms with Crippen molar-refractivity contribution in [3.63, 3.8) is 0 Å². The molecular weight excluding hydrogens is 338 g/mol. The van der Waals surface area contributed by atoms with Gasteiger partial charge in [-0.15, -0.1) is 0 Å².